The van der Waals surface area contributed by atoms with Crippen LogP contribution in [0.25, 0.3) is 0 Å². The standard InChI is InChI=1S/C16H24N2O2/c1-11(2)15-16(19)18(9-5-4-8-17)13-7-6-12(3)10-14(13)20-15/h6-7,10-11,15H,4-5,8-9,17H2,1-3H3. The maximum Gasteiger partial charge on any atom is 0.268 e. The van der Waals surface area contributed by atoms with Gasteiger partial charge in [-0.1, -0.05) is 19.9 Å². The normalized spacial score (nSPS) is 18.1. The van der Waals surface area contributed by atoms with Gasteiger partial charge in [-0.05, 0) is 49.9 Å². The summed E-state index contributed by atoms with van der Waals surface area (Å²) in [5.74, 6) is 1.04. The summed E-state index contributed by atoms with van der Waals surface area (Å²) in [7, 11) is 0. The van der Waals surface area contributed by atoms with Gasteiger partial charge in [-0.25, -0.2) is 0 Å². The van der Waals surface area contributed by atoms with E-state index < -0.39 is 0 Å². The number of amides is 1. The predicted molar refractivity (Wildman–Crippen MR) is 81.1 cm³/mol. The fourth-order valence-electron chi connectivity index (χ4n) is 2.46. The number of aryl methyl sites for hydroxylation is 1. The molecule has 1 aromatic carbocycles. The molecule has 0 radical (unpaired) electrons. The van der Waals surface area contributed by atoms with Gasteiger partial charge in [0.1, 0.15) is 5.75 Å². The third-order valence-corrected chi connectivity index (χ3v) is 3.61. The number of ether oxygens (including phenoxy) is 1. The van der Waals surface area contributed by atoms with Crippen LogP contribution in [0.1, 0.15) is 32.3 Å². The van der Waals surface area contributed by atoms with Crippen LogP contribution in [-0.2, 0) is 4.79 Å². The molecule has 1 atom stereocenters. The van der Waals surface area contributed by atoms with Crippen molar-refractivity contribution in [1.29, 1.82) is 0 Å². The number of nitrogens with two attached hydrogens (primary N) is 1. The molecule has 110 valence electrons. The summed E-state index contributed by atoms with van der Waals surface area (Å²) in [6.07, 6.45) is 1.46. The number of carbonyl (C=O) groups excluding carboxylic acids is 1. The average Bonchev–Trinajstić information content (AvgIpc) is 2.40. The Balaban J connectivity index is 2.30. The van der Waals surface area contributed by atoms with Gasteiger partial charge < -0.3 is 15.4 Å². The van der Waals surface area contributed by atoms with Crippen molar-refractivity contribution in [3.8, 4) is 5.75 Å². The highest BCUT2D eigenvalue weighted by Crippen LogP contribution is 2.36. The van der Waals surface area contributed by atoms with Crippen molar-refractivity contribution in [3.05, 3.63) is 23.8 Å². The van der Waals surface area contributed by atoms with E-state index in [1.807, 2.05) is 43.9 Å². The number of hydrogen-bond donors (Lipinski definition) is 1. The summed E-state index contributed by atoms with van der Waals surface area (Å²) >= 11 is 0. The quantitative estimate of drug-likeness (QED) is 0.841. The van der Waals surface area contributed by atoms with E-state index in [0.29, 0.717) is 13.1 Å². The predicted octanol–water partition coefficient (Wildman–Crippen LogP) is 2.48. The zero-order chi connectivity index (χ0) is 14.7. The lowest BCUT2D eigenvalue weighted by atomic mass is 10.0. The van der Waals surface area contributed by atoms with Crippen LogP contribution in [0.15, 0.2) is 18.2 Å². The van der Waals surface area contributed by atoms with Gasteiger partial charge in [0, 0.05) is 6.54 Å². The third-order valence-electron chi connectivity index (χ3n) is 3.61. The second-order valence-corrected chi connectivity index (χ2v) is 5.74. The van der Waals surface area contributed by atoms with Crippen LogP contribution in [0.2, 0.25) is 0 Å². The molecule has 4 heteroatoms. The topological polar surface area (TPSA) is 55.6 Å². The lowest BCUT2D eigenvalue weighted by Crippen LogP contribution is -2.48. The molecule has 4 nitrogen and oxygen atoms in total. The average molecular weight is 276 g/mol. The van der Waals surface area contributed by atoms with Crippen LogP contribution in [0.5, 0.6) is 5.75 Å². The van der Waals surface area contributed by atoms with Crippen LogP contribution in [0, 0.1) is 12.8 Å². The highest BCUT2D eigenvalue weighted by Gasteiger charge is 2.35. The van der Waals surface area contributed by atoms with Gasteiger partial charge in [0.05, 0.1) is 5.69 Å². The Labute approximate surface area is 120 Å². The molecule has 0 saturated heterocycles. The smallest absolute Gasteiger partial charge is 0.268 e. The number of hydrogen-bond acceptors (Lipinski definition) is 3. The Morgan fingerprint density at radius 1 is 1.35 bits per heavy atom. The number of carbonyl (C=O) groups is 1. The van der Waals surface area contributed by atoms with Gasteiger partial charge >= 0.3 is 0 Å². The van der Waals surface area contributed by atoms with Gasteiger partial charge in [0.25, 0.3) is 5.91 Å². The Kier molecular flexibility index (Phi) is 4.65. The summed E-state index contributed by atoms with van der Waals surface area (Å²) in [6.45, 7) is 7.43. The molecule has 0 saturated carbocycles. The first-order chi connectivity index (χ1) is 9.54. The highest BCUT2D eigenvalue weighted by atomic mass is 16.5. The maximum absolute atomic E-state index is 12.6. The van der Waals surface area contributed by atoms with Gasteiger partial charge in [-0.15, -0.1) is 0 Å². The minimum Gasteiger partial charge on any atom is -0.478 e. The monoisotopic (exact) mass is 276 g/mol. The van der Waals surface area contributed by atoms with E-state index in [4.69, 9.17) is 10.5 Å². The molecule has 0 aromatic heterocycles. The molecule has 1 unspecified atom stereocenters. The first-order valence-electron chi connectivity index (χ1n) is 7.33. The molecule has 1 aliphatic heterocycles. The zero-order valence-electron chi connectivity index (χ0n) is 12.6. The Hall–Kier alpha value is -1.55. The van der Waals surface area contributed by atoms with Gasteiger partial charge in [-0.2, -0.15) is 0 Å². The maximum atomic E-state index is 12.6. The molecule has 1 heterocycles. The first-order valence-corrected chi connectivity index (χ1v) is 7.33. The molecule has 20 heavy (non-hydrogen) atoms. The van der Waals surface area contributed by atoms with Crippen LogP contribution in [0.4, 0.5) is 5.69 Å². The van der Waals surface area contributed by atoms with E-state index in [0.717, 1.165) is 29.8 Å². The van der Waals surface area contributed by atoms with Crippen LogP contribution >= 0.6 is 0 Å². The van der Waals surface area contributed by atoms with Crippen molar-refractivity contribution in [3.63, 3.8) is 0 Å². The Bertz CT molecular complexity index is 485. The van der Waals surface area contributed by atoms with Crippen molar-refractivity contribution in [2.45, 2.75) is 39.7 Å². The van der Waals surface area contributed by atoms with E-state index in [-0.39, 0.29) is 17.9 Å². The molecule has 0 fully saturated rings. The molecular weight excluding hydrogens is 252 g/mol. The molecule has 2 N–H and O–H groups in total. The van der Waals surface area contributed by atoms with E-state index in [1.54, 1.807) is 0 Å². The van der Waals surface area contributed by atoms with Crippen molar-refractivity contribution >= 4 is 11.6 Å². The molecule has 1 aliphatic rings. The summed E-state index contributed by atoms with van der Waals surface area (Å²) in [5, 5.41) is 0. The van der Waals surface area contributed by atoms with Crippen LogP contribution in [-0.4, -0.2) is 25.1 Å². The van der Waals surface area contributed by atoms with Gasteiger partial charge in [0.2, 0.25) is 0 Å². The fraction of sp³-hybridized carbons (Fsp3) is 0.562. The SMILES string of the molecule is Cc1ccc2c(c1)OC(C(C)C)C(=O)N2CCCCN. The Morgan fingerprint density at radius 2 is 2.10 bits per heavy atom. The summed E-state index contributed by atoms with van der Waals surface area (Å²) in [6, 6.07) is 6.00. The van der Waals surface area contributed by atoms with E-state index in [9.17, 15) is 4.79 Å². The van der Waals surface area contributed by atoms with E-state index in [1.165, 1.54) is 0 Å². The largest absolute Gasteiger partial charge is 0.478 e. The number of fused-ring (bicyclic) bond motifs is 1. The zero-order valence-corrected chi connectivity index (χ0v) is 12.6. The molecule has 0 aliphatic carbocycles. The fourth-order valence-corrected chi connectivity index (χ4v) is 2.46. The molecule has 2 rings (SSSR count). The van der Waals surface area contributed by atoms with Gasteiger partial charge in [-0.3, -0.25) is 4.79 Å². The molecule has 1 amide bonds. The number of unbranched alkanes of at least 4 members (excludes halogenated alkanes) is 1. The summed E-state index contributed by atoms with van der Waals surface area (Å²) < 4.78 is 5.91. The van der Waals surface area contributed by atoms with Crippen molar-refractivity contribution in [1.82, 2.24) is 0 Å². The molecule has 0 spiro atoms. The first kappa shape index (κ1) is 14.9. The number of rotatable bonds is 5. The molecule has 0 bridgehead atoms. The van der Waals surface area contributed by atoms with Crippen molar-refractivity contribution < 1.29 is 9.53 Å². The summed E-state index contributed by atoms with van der Waals surface area (Å²) in [5.41, 5.74) is 7.57. The van der Waals surface area contributed by atoms with E-state index in [2.05, 4.69) is 0 Å². The number of nitrogens with zero attached hydrogens (tertiary/aromatic N) is 1. The lowest BCUT2D eigenvalue weighted by Gasteiger charge is -2.36. The van der Waals surface area contributed by atoms with Crippen molar-refractivity contribution in [2.75, 3.05) is 18.0 Å². The second kappa shape index (κ2) is 6.27. The third kappa shape index (κ3) is 2.96. The minimum absolute atomic E-state index is 0.0633. The number of benzene rings is 1. The summed E-state index contributed by atoms with van der Waals surface area (Å²) in [4.78, 5) is 14.4. The minimum atomic E-state index is -0.387. The lowest BCUT2D eigenvalue weighted by molar-refractivity contribution is -0.128. The van der Waals surface area contributed by atoms with Crippen molar-refractivity contribution in [2.24, 2.45) is 11.7 Å². The van der Waals surface area contributed by atoms with Crippen LogP contribution in [0.3, 0.4) is 0 Å². The number of anilines is 1. The second-order valence-electron chi connectivity index (χ2n) is 5.74. The van der Waals surface area contributed by atoms with Gasteiger partial charge in [0.15, 0.2) is 6.10 Å². The van der Waals surface area contributed by atoms with E-state index >= 15 is 0 Å². The molecular formula is C16H24N2O2. The Morgan fingerprint density at radius 3 is 2.75 bits per heavy atom. The molecule has 1 aromatic rings. The van der Waals surface area contributed by atoms with Crippen LogP contribution < -0.4 is 15.4 Å². The highest BCUT2D eigenvalue weighted by molar-refractivity contribution is 6.00.